The highest BCUT2D eigenvalue weighted by Crippen LogP contribution is 2.18. The summed E-state index contributed by atoms with van der Waals surface area (Å²) < 4.78 is 7.45. The molecule has 0 N–H and O–H groups in total. The third-order valence-electron chi connectivity index (χ3n) is 4.26. The molecule has 0 saturated heterocycles. The molecule has 134 valence electrons. The van der Waals surface area contributed by atoms with E-state index in [9.17, 15) is 9.59 Å². The molecular weight excluding hydrogens is 328 g/mol. The summed E-state index contributed by atoms with van der Waals surface area (Å²) in [6, 6.07) is 7.85. The van der Waals surface area contributed by atoms with Gasteiger partial charge in [-0.1, -0.05) is 36.4 Å². The van der Waals surface area contributed by atoms with E-state index in [1.807, 2.05) is 54.2 Å². The van der Waals surface area contributed by atoms with Crippen LogP contribution in [0, 0.1) is 0 Å². The maximum absolute atomic E-state index is 12.2. The number of fused-ring (bicyclic) bond motifs is 1. The second kappa shape index (κ2) is 8.43. The molecular formula is C21H22N2O3. The Morgan fingerprint density at radius 1 is 1.27 bits per heavy atom. The SMILES string of the molecule is Cn1cnc(/C=C/C(=O)OC2C/C=C\CC(=O)Cc3ccccc3C2)c1. The van der Waals surface area contributed by atoms with Crippen LogP contribution in [0.1, 0.15) is 29.7 Å². The van der Waals surface area contributed by atoms with E-state index in [0.717, 1.165) is 11.1 Å². The van der Waals surface area contributed by atoms with Gasteiger partial charge in [0.2, 0.25) is 0 Å². The van der Waals surface area contributed by atoms with Crippen LogP contribution >= 0.6 is 0 Å². The fourth-order valence-electron chi connectivity index (χ4n) is 2.97. The number of imidazole rings is 1. The van der Waals surface area contributed by atoms with Crippen LogP contribution in [-0.2, 0) is 34.2 Å². The number of aromatic nitrogens is 2. The molecule has 0 saturated carbocycles. The zero-order valence-corrected chi connectivity index (χ0v) is 14.8. The van der Waals surface area contributed by atoms with Gasteiger partial charge < -0.3 is 9.30 Å². The first-order valence-electron chi connectivity index (χ1n) is 8.70. The molecule has 5 nitrogen and oxygen atoms in total. The Labute approximate surface area is 153 Å². The number of rotatable bonds is 3. The number of ether oxygens (including phenoxy) is 1. The van der Waals surface area contributed by atoms with E-state index in [2.05, 4.69) is 4.98 Å². The summed E-state index contributed by atoms with van der Waals surface area (Å²) in [7, 11) is 1.87. The summed E-state index contributed by atoms with van der Waals surface area (Å²) in [6.07, 6.45) is 12.1. The predicted molar refractivity (Wildman–Crippen MR) is 99.4 cm³/mol. The van der Waals surface area contributed by atoms with Gasteiger partial charge in [0, 0.05) is 45.0 Å². The minimum atomic E-state index is -0.389. The number of hydrogen-bond acceptors (Lipinski definition) is 4. The summed E-state index contributed by atoms with van der Waals surface area (Å²) in [6.45, 7) is 0. The number of carbonyl (C=O) groups excluding carboxylic acids is 2. The first-order chi connectivity index (χ1) is 12.6. The van der Waals surface area contributed by atoms with Crippen LogP contribution in [0.15, 0.2) is 55.0 Å². The first-order valence-corrected chi connectivity index (χ1v) is 8.70. The van der Waals surface area contributed by atoms with Gasteiger partial charge in [-0.2, -0.15) is 0 Å². The van der Waals surface area contributed by atoms with E-state index in [4.69, 9.17) is 4.74 Å². The van der Waals surface area contributed by atoms with Crippen LogP contribution in [0.5, 0.6) is 0 Å². The summed E-state index contributed by atoms with van der Waals surface area (Å²) >= 11 is 0. The van der Waals surface area contributed by atoms with Gasteiger partial charge in [-0.25, -0.2) is 9.78 Å². The number of nitrogens with zero attached hydrogens (tertiary/aromatic N) is 2. The number of ketones is 1. The Morgan fingerprint density at radius 2 is 2.08 bits per heavy atom. The van der Waals surface area contributed by atoms with Crippen molar-refractivity contribution in [3.63, 3.8) is 0 Å². The number of esters is 1. The van der Waals surface area contributed by atoms with Gasteiger partial charge in [0.1, 0.15) is 11.9 Å². The summed E-state index contributed by atoms with van der Waals surface area (Å²) in [4.78, 5) is 28.3. The number of Topliss-reactive ketones (excluding diaryl/α,β-unsaturated/α-hetero) is 1. The maximum atomic E-state index is 12.2. The van der Waals surface area contributed by atoms with Crippen molar-refractivity contribution in [1.29, 1.82) is 0 Å². The lowest BCUT2D eigenvalue weighted by Crippen LogP contribution is -2.20. The van der Waals surface area contributed by atoms with Crippen molar-refractivity contribution in [1.82, 2.24) is 9.55 Å². The second-order valence-corrected chi connectivity index (χ2v) is 6.46. The minimum absolute atomic E-state index is 0.197. The molecule has 1 atom stereocenters. The van der Waals surface area contributed by atoms with Crippen LogP contribution < -0.4 is 0 Å². The number of aryl methyl sites for hydroxylation is 1. The van der Waals surface area contributed by atoms with E-state index in [1.165, 1.54) is 6.08 Å². The molecule has 1 aliphatic carbocycles. The number of hydrogen-bond donors (Lipinski definition) is 0. The van der Waals surface area contributed by atoms with Crippen LogP contribution in [0.4, 0.5) is 0 Å². The zero-order chi connectivity index (χ0) is 18.4. The Morgan fingerprint density at radius 3 is 2.85 bits per heavy atom. The van der Waals surface area contributed by atoms with Crippen LogP contribution in [0.3, 0.4) is 0 Å². The van der Waals surface area contributed by atoms with Crippen molar-refractivity contribution < 1.29 is 14.3 Å². The molecule has 0 spiro atoms. The van der Waals surface area contributed by atoms with Crippen molar-refractivity contribution in [2.75, 3.05) is 0 Å². The Bertz CT molecular complexity index is 848. The van der Waals surface area contributed by atoms with E-state index < -0.39 is 0 Å². The van der Waals surface area contributed by atoms with Gasteiger partial charge in [0.15, 0.2) is 0 Å². The fourth-order valence-corrected chi connectivity index (χ4v) is 2.97. The summed E-state index contributed by atoms with van der Waals surface area (Å²) in [5.41, 5.74) is 2.78. The lowest BCUT2D eigenvalue weighted by Gasteiger charge is -2.18. The molecule has 0 radical (unpaired) electrons. The maximum Gasteiger partial charge on any atom is 0.331 e. The number of carbonyl (C=O) groups is 2. The summed E-state index contributed by atoms with van der Waals surface area (Å²) in [5.74, 6) is -0.192. The molecule has 2 aromatic rings. The van der Waals surface area contributed by atoms with Crippen LogP contribution in [-0.4, -0.2) is 27.4 Å². The van der Waals surface area contributed by atoms with Gasteiger partial charge in [0.25, 0.3) is 0 Å². The van der Waals surface area contributed by atoms with Gasteiger partial charge in [-0.05, 0) is 17.2 Å². The molecule has 0 bridgehead atoms. The van der Waals surface area contributed by atoms with Gasteiger partial charge in [-0.3, -0.25) is 4.79 Å². The molecule has 0 aliphatic heterocycles. The highest BCUT2D eigenvalue weighted by atomic mass is 16.5. The normalized spacial score (nSPS) is 19.1. The molecule has 5 heteroatoms. The standard InChI is InChI=1S/C21H22N2O3/c1-23-14-18(22-15-23)10-11-21(25)26-20-9-5-4-8-19(24)12-16-6-2-3-7-17(16)13-20/h2-7,10-11,14-15,20H,8-9,12-13H2,1H3/b5-4-,11-10+. The highest BCUT2D eigenvalue weighted by Gasteiger charge is 2.17. The lowest BCUT2D eigenvalue weighted by molar-refractivity contribution is -0.142. The lowest BCUT2D eigenvalue weighted by atomic mass is 9.94. The molecule has 1 unspecified atom stereocenters. The molecule has 26 heavy (non-hydrogen) atoms. The zero-order valence-electron chi connectivity index (χ0n) is 14.8. The fraction of sp³-hybridized carbons (Fsp3) is 0.286. The van der Waals surface area contributed by atoms with Crippen LogP contribution in [0.2, 0.25) is 0 Å². The average molecular weight is 350 g/mol. The van der Waals surface area contributed by atoms with E-state index in [-0.39, 0.29) is 17.9 Å². The Hall–Kier alpha value is -2.95. The largest absolute Gasteiger partial charge is 0.459 e. The molecule has 1 heterocycles. The Kier molecular flexibility index (Phi) is 5.79. The van der Waals surface area contributed by atoms with Gasteiger partial charge in [-0.15, -0.1) is 0 Å². The van der Waals surface area contributed by atoms with Crippen LogP contribution in [0.25, 0.3) is 6.08 Å². The molecule has 1 aromatic heterocycles. The van der Waals surface area contributed by atoms with Crippen molar-refractivity contribution >= 4 is 17.8 Å². The topological polar surface area (TPSA) is 61.2 Å². The van der Waals surface area contributed by atoms with Crippen molar-refractivity contribution in [2.45, 2.75) is 31.8 Å². The first kappa shape index (κ1) is 17.9. The van der Waals surface area contributed by atoms with E-state index >= 15 is 0 Å². The highest BCUT2D eigenvalue weighted by molar-refractivity contribution is 5.86. The third-order valence-corrected chi connectivity index (χ3v) is 4.26. The van der Waals surface area contributed by atoms with Crippen molar-refractivity contribution in [3.8, 4) is 0 Å². The second-order valence-electron chi connectivity index (χ2n) is 6.46. The number of allylic oxidation sites excluding steroid dienone is 1. The van der Waals surface area contributed by atoms with E-state index in [1.54, 1.807) is 12.4 Å². The molecule has 3 rings (SSSR count). The molecule has 1 aromatic carbocycles. The smallest absolute Gasteiger partial charge is 0.331 e. The van der Waals surface area contributed by atoms with Crippen molar-refractivity contribution in [3.05, 3.63) is 71.8 Å². The number of benzene rings is 1. The minimum Gasteiger partial charge on any atom is -0.459 e. The third kappa shape index (κ3) is 5.02. The Balaban J connectivity index is 1.70. The van der Waals surface area contributed by atoms with Crippen molar-refractivity contribution in [2.24, 2.45) is 7.05 Å². The molecule has 1 aliphatic rings. The molecule has 0 amide bonds. The van der Waals surface area contributed by atoms with E-state index in [0.29, 0.717) is 31.4 Å². The summed E-state index contributed by atoms with van der Waals surface area (Å²) in [5, 5.41) is 0. The average Bonchev–Trinajstić information content (AvgIpc) is 3.04. The van der Waals surface area contributed by atoms with Gasteiger partial charge in [0.05, 0.1) is 12.0 Å². The molecule has 0 fully saturated rings. The monoisotopic (exact) mass is 350 g/mol. The quantitative estimate of drug-likeness (QED) is 0.485. The van der Waals surface area contributed by atoms with Gasteiger partial charge >= 0.3 is 5.97 Å². The predicted octanol–water partition coefficient (Wildman–Crippen LogP) is 3.05.